The second-order valence-electron chi connectivity index (χ2n) is 4.43. The van der Waals surface area contributed by atoms with Gasteiger partial charge in [-0.25, -0.2) is 0 Å². The molecule has 2 rings (SSSR count). The van der Waals surface area contributed by atoms with Gasteiger partial charge in [0, 0.05) is 12.6 Å². The molecule has 2 fully saturated rings. The van der Waals surface area contributed by atoms with Gasteiger partial charge in [0.2, 0.25) is 5.91 Å². The summed E-state index contributed by atoms with van der Waals surface area (Å²) in [5, 5.41) is 6.37. The van der Waals surface area contributed by atoms with Gasteiger partial charge in [0.05, 0.1) is 12.5 Å². The number of ether oxygens (including phenoxy) is 1. The molecule has 2 aliphatic rings. The number of hydrogen-bond donors (Lipinski definition) is 2. The van der Waals surface area contributed by atoms with Crippen LogP contribution in [-0.4, -0.2) is 37.7 Å². The standard InChI is InChI=1S/C11H20N2O2.ClH/c14-11(8-10-2-1-7-15-10)13-9-3-5-12-6-4-9;/h9-10,12H,1-8H2,(H,13,14);1H. The first kappa shape index (κ1) is 13.7. The molecule has 94 valence electrons. The molecule has 2 heterocycles. The van der Waals surface area contributed by atoms with Crippen molar-refractivity contribution < 1.29 is 9.53 Å². The monoisotopic (exact) mass is 248 g/mol. The first-order valence-electron chi connectivity index (χ1n) is 5.96. The van der Waals surface area contributed by atoms with E-state index in [0.717, 1.165) is 45.4 Å². The summed E-state index contributed by atoms with van der Waals surface area (Å²) in [6.07, 6.45) is 4.97. The molecular formula is C11H21ClN2O2. The van der Waals surface area contributed by atoms with Crippen LogP contribution in [0.5, 0.6) is 0 Å². The molecule has 0 aromatic rings. The van der Waals surface area contributed by atoms with Crippen LogP contribution in [-0.2, 0) is 9.53 Å². The Kier molecular flexibility index (Phi) is 6.09. The Bertz CT molecular complexity index is 214. The summed E-state index contributed by atoms with van der Waals surface area (Å²) in [6.45, 7) is 2.86. The molecule has 0 radical (unpaired) electrons. The average Bonchev–Trinajstić information content (AvgIpc) is 2.71. The second-order valence-corrected chi connectivity index (χ2v) is 4.43. The molecule has 2 N–H and O–H groups in total. The van der Waals surface area contributed by atoms with Crippen LogP contribution in [0.25, 0.3) is 0 Å². The van der Waals surface area contributed by atoms with Crippen LogP contribution in [0.15, 0.2) is 0 Å². The Morgan fingerprint density at radius 2 is 2.06 bits per heavy atom. The predicted octanol–water partition coefficient (Wildman–Crippen LogP) is 0.845. The molecule has 1 amide bonds. The van der Waals surface area contributed by atoms with Gasteiger partial charge in [-0.1, -0.05) is 0 Å². The summed E-state index contributed by atoms with van der Waals surface area (Å²) in [5.74, 6) is 0.161. The summed E-state index contributed by atoms with van der Waals surface area (Å²) >= 11 is 0. The van der Waals surface area contributed by atoms with Crippen molar-refractivity contribution in [3.63, 3.8) is 0 Å². The average molecular weight is 249 g/mol. The number of halogens is 1. The number of carbonyl (C=O) groups is 1. The largest absolute Gasteiger partial charge is 0.378 e. The fourth-order valence-corrected chi connectivity index (χ4v) is 2.26. The third-order valence-corrected chi connectivity index (χ3v) is 3.14. The van der Waals surface area contributed by atoms with Crippen molar-refractivity contribution in [3.05, 3.63) is 0 Å². The topological polar surface area (TPSA) is 50.4 Å². The van der Waals surface area contributed by atoms with Gasteiger partial charge >= 0.3 is 0 Å². The van der Waals surface area contributed by atoms with E-state index < -0.39 is 0 Å². The number of rotatable bonds is 3. The molecule has 1 unspecified atom stereocenters. The molecule has 2 saturated heterocycles. The smallest absolute Gasteiger partial charge is 0.222 e. The first-order valence-corrected chi connectivity index (χ1v) is 5.96. The molecule has 0 aromatic carbocycles. The van der Waals surface area contributed by atoms with Crippen LogP contribution >= 0.6 is 12.4 Å². The molecule has 5 heteroatoms. The summed E-state index contributed by atoms with van der Waals surface area (Å²) in [6, 6.07) is 0.375. The van der Waals surface area contributed by atoms with Gasteiger partial charge in [-0.05, 0) is 38.8 Å². The van der Waals surface area contributed by atoms with Crippen LogP contribution in [0.3, 0.4) is 0 Å². The van der Waals surface area contributed by atoms with Crippen molar-refractivity contribution in [3.8, 4) is 0 Å². The van der Waals surface area contributed by atoms with Gasteiger partial charge in [0.15, 0.2) is 0 Å². The van der Waals surface area contributed by atoms with Crippen LogP contribution in [0.2, 0.25) is 0 Å². The fourth-order valence-electron chi connectivity index (χ4n) is 2.26. The van der Waals surface area contributed by atoms with E-state index in [4.69, 9.17) is 4.74 Å². The molecule has 0 aliphatic carbocycles. The highest BCUT2D eigenvalue weighted by molar-refractivity contribution is 5.85. The minimum atomic E-state index is 0. The van der Waals surface area contributed by atoms with Crippen molar-refractivity contribution in [1.29, 1.82) is 0 Å². The molecule has 16 heavy (non-hydrogen) atoms. The lowest BCUT2D eigenvalue weighted by molar-refractivity contribution is -0.124. The Balaban J connectivity index is 0.00000128. The molecule has 4 nitrogen and oxygen atoms in total. The van der Waals surface area contributed by atoms with E-state index in [2.05, 4.69) is 10.6 Å². The third kappa shape index (κ3) is 4.28. The van der Waals surface area contributed by atoms with Gasteiger partial charge in [0.25, 0.3) is 0 Å². The quantitative estimate of drug-likeness (QED) is 0.779. The van der Waals surface area contributed by atoms with Crippen LogP contribution < -0.4 is 10.6 Å². The first-order chi connectivity index (χ1) is 7.34. The molecule has 0 saturated carbocycles. The van der Waals surface area contributed by atoms with E-state index in [0.29, 0.717) is 12.5 Å². The van der Waals surface area contributed by atoms with Gasteiger partial charge in [-0.15, -0.1) is 12.4 Å². The maximum Gasteiger partial charge on any atom is 0.222 e. The normalized spacial score (nSPS) is 26.1. The maximum absolute atomic E-state index is 11.7. The highest BCUT2D eigenvalue weighted by atomic mass is 35.5. The number of amides is 1. The van der Waals surface area contributed by atoms with E-state index >= 15 is 0 Å². The number of hydrogen-bond acceptors (Lipinski definition) is 3. The SMILES string of the molecule is Cl.O=C(CC1CCCO1)NC1CCNCC1. The Labute approximate surface area is 103 Å². The zero-order valence-corrected chi connectivity index (χ0v) is 10.4. The highest BCUT2D eigenvalue weighted by Crippen LogP contribution is 2.15. The number of nitrogens with one attached hydrogen (secondary N) is 2. The minimum absolute atomic E-state index is 0. The zero-order chi connectivity index (χ0) is 10.5. The van der Waals surface area contributed by atoms with E-state index in [1.165, 1.54) is 0 Å². The lowest BCUT2D eigenvalue weighted by Gasteiger charge is -2.24. The van der Waals surface area contributed by atoms with Gasteiger partial charge < -0.3 is 15.4 Å². The zero-order valence-electron chi connectivity index (χ0n) is 9.54. The summed E-state index contributed by atoms with van der Waals surface area (Å²) in [4.78, 5) is 11.7. The Morgan fingerprint density at radius 3 is 2.69 bits per heavy atom. The number of carbonyl (C=O) groups excluding carboxylic acids is 1. The lowest BCUT2D eigenvalue weighted by Crippen LogP contribution is -2.43. The molecule has 2 aliphatic heterocycles. The minimum Gasteiger partial charge on any atom is -0.378 e. The van der Waals surface area contributed by atoms with Crippen LogP contribution in [0.4, 0.5) is 0 Å². The molecule has 0 spiro atoms. The van der Waals surface area contributed by atoms with Crippen molar-refractivity contribution >= 4 is 18.3 Å². The highest BCUT2D eigenvalue weighted by Gasteiger charge is 2.21. The van der Waals surface area contributed by atoms with Crippen molar-refractivity contribution in [2.24, 2.45) is 0 Å². The van der Waals surface area contributed by atoms with E-state index in [1.807, 2.05) is 0 Å². The molecule has 1 atom stereocenters. The summed E-state index contributed by atoms with van der Waals surface area (Å²) in [7, 11) is 0. The molecule has 0 bridgehead atoms. The predicted molar refractivity (Wildman–Crippen MR) is 64.9 cm³/mol. The third-order valence-electron chi connectivity index (χ3n) is 3.14. The Morgan fingerprint density at radius 1 is 1.31 bits per heavy atom. The van der Waals surface area contributed by atoms with E-state index in [9.17, 15) is 4.79 Å². The van der Waals surface area contributed by atoms with Gasteiger partial charge in [0.1, 0.15) is 0 Å². The molecular weight excluding hydrogens is 228 g/mol. The lowest BCUT2D eigenvalue weighted by atomic mass is 10.1. The van der Waals surface area contributed by atoms with Gasteiger partial charge in [-0.3, -0.25) is 4.79 Å². The van der Waals surface area contributed by atoms with Crippen molar-refractivity contribution in [2.75, 3.05) is 19.7 Å². The van der Waals surface area contributed by atoms with Crippen molar-refractivity contribution in [1.82, 2.24) is 10.6 Å². The number of piperidine rings is 1. The fraction of sp³-hybridized carbons (Fsp3) is 0.909. The van der Waals surface area contributed by atoms with Crippen LogP contribution in [0, 0.1) is 0 Å². The van der Waals surface area contributed by atoms with Crippen LogP contribution in [0.1, 0.15) is 32.1 Å². The van der Waals surface area contributed by atoms with Gasteiger partial charge in [-0.2, -0.15) is 0 Å². The Hall–Kier alpha value is -0.320. The van der Waals surface area contributed by atoms with E-state index in [-0.39, 0.29) is 24.4 Å². The summed E-state index contributed by atoms with van der Waals surface area (Å²) in [5.41, 5.74) is 0. The van der Waals surface area contributed by atoms with E-state index in [1.54, 1.807) is 0 Å². The summed E-state index contributed by atoms with van der Waals surface area (Å²) < 4.78 is 5.44. The maximum atomic E-state index is 11.7. The van der Waals surface area contributed by atoms with Crippen molar-refractivity contribution in [2.45, 2.75) is 44.2 Å². The molecule has 0 aromatic heterocycles. The second kappa shape index (κ2) is 7.09.